The molecule has 0 saturated carbocycles. The molecule has 88 valence electrons. The number of benzene rings is 1. The number of carbonyl (C=O) groups is 1. The molecule has 4 nitrogen and oxygen atoms in total. The van der Waals surface area contributed by atoms with Crippen molar-refractivity contribution in [2.45, 2.75) is 19.6 Å². The van der Waals surface area contributed by atoms with Gasteiger partial charge in [0, 0.05) is 19.2 Å². The maximum atomic E-state index is 11.5. The summed E-state index contributed by atoms with van der Waals surface area (Å²) in [6.45, 7) is 1.88. The molecule has 1 unspecified atom stereocenters. The highest BCUT2D eigenvalue weighted by Gasteiger charge is 2.15. The van der Waals surface area contributed by atoms with Gasteiger partial charge in [0.2, 0.25) is 0 Å². The van der Waals surface area contributed by atoms with Crippen LogP contribution >= 0.6 is 0 Å². The zero-order valence-corrected chi connectivity index (χ0v) is 9.80. The fourth-order valence-electron chi connectivity index (χ4n) is 1.49. The highest BCUT2D eigenvalue weighted by atomic mass is 16.5. The van der Waals surface area contributed by atoms with E-state index >= 15 is 0 Å². The molecule has 0 aromatic heterocycles. The molecule has 0 aliphatic carbocycles. The second-order valence-electron chi connectivity index (χ2n) is 3.68. The van der Waals surface area contributed by atoms with Gasteiger partial charge < -0.3 is 14.7 Å². The Morgan fingerprint density at radius 3 is 2.69 bits per heavy atom. The van der Waals surface area contributed by atoms with Crippen LogP contribution in [0.5, 0.6) is 5.75 Å². The quantitative estimate of drug-likeness (QED) is 0.829. The summed E-state index contributed by atoms with van der Waals surface area (Å²) in [6.07, 6.45) is -0.972. The number of para-hydroxylation sites is 1. The van der Waals surface area contributed by atoms with E-state index in [-0.39, 0.29) is 5.91 Å². The van der Waals surface area contributed by atoms with E-state index in [0.29, 0.717) is 6.54 Å². The SMILES string of the molecule is COc1ccccc1CN(C)C(=O)C(C)O. The third kappa shape index (κ3) is 2.97. The first kappa shape index (κ1) is 12.5. The number of carbonyl (C=O) groups excluding carboxylic acids is 1. The first-order valence-corrected chi connectivity index (χ1v) is 5.11. The molecule has 16 heavy (non-hydrogen) atoms. The molecule has 0 aliphatic heterocycles. The molecule has 1 amide bonds. The van der Waals surface area contributed by atoms with Gasteiger partial charge >= 0.3 is 0 Å². The topological polar surface area (TPSA) is 49.8 Å². The predicted molar refractivity (Wildman–Crippen MR) is 61.1 cm³/mol. The number of likely N-dealkylation sites (N-methyl/N-ethyl adjacent to an activating group) is 1. The van der Waals surface area contributed by atoms with E-state index < -0.39 is 6.10 Å². The second kappa shape index (κ2) is 5.51. The highest BCUT2D eigenvalue weighted by molar-refractivity contribution is 5.79. The summed E-state index contributed by atoms with van der Waals surface area (Å²) in [5.74, 6) is 0.443. The average Bonchev–Trinajstić information content (AvgIpc) is 2.28. The smallest absolute Gasteiger partial charge is 0.251 e. The van der Waals surface area contributed by atoms with Crippen LogP contribution < -0.4 is 4.74 Å². The molecular weight excluding hydrogens is 206 g/mol. The van der Waals surface area contributed by atoms with Gasteiger partial charge in [0.15, 0.2) is 0 Å². The molecule has 4 heteroatoms. The molecule has 0 bridgehead atoms. The van der Waals surface area contributed by atoms with E-state index in [0.717, 1.165) is 11.3 Å². The fourth-order valence-corrected chi connectivity index (χ4v) is 1.49. The summed E-state index contributed by atoms with van der Waals surface area (Å²) >= 11 is 0. The van der Waals surface area contributed by atoms with Crippen LogP contribution in [-0.4, -0.2) is 36.2 Å². The van der Waals surface area contributed by atoms with Crippen LogP contribution in [0.2, 0.25) is 0 Å². The Balaban J connectivity index is 2.76. The van der Waals surface area contributed by atoms with Gasteiger partial charge in [-0.1, -0.05) is 18.2 Å². The Hall–Kier alpha value is -1.55. The number of hydrogen-bond acceptors (Lipinski definition) is 3. The summed E-state index contributed by atoms with van der Waals surface area (Å²) in [4.78, 5) is 13.0. The molecule has 0 saturated heterocycles. The largest absolute Gasteiger partial charge is 0.496 e. The van der Waals surface area contributed by atoms with Gasteiger partial charge in [-0.15, -0.1) is 0 Å². The van der Waals surface area contributed by atoms with Crippen LogP contribution in [0.1, 0.15) is 12.5 Å². The van der Waals surface area contributed by atoms with Crippen LogP contribution in [0.15, 0.2) is 24.3 Å². The number of aliphatic hydroxyl groups is 1. The maximum Gasteiger partial charge on any atom is 0.251 e. The predicted octanol–water partition coefficient (Wildman–Crippen LogP) is 1.03. The van der Waals surface area contributed by atoms with Crippen molar-refractivity contribution in [1.82, 2.24) is 4.90 Å². The van der Waals surface area contributed by atoms with E-state index in [1.54, 1.807) is 14.2 Å². The average molecular weight is 223 g/mol. The lowest BCUT2D eigenvalue weighted by Crippen LogP contribution is -2.34. The Kier molecular flexibility index (Phi) is 4.31. The Bertz CT molecular complexity index is 363. The van der Waals surface area contributed by atoms with Crippen molar-refractivity contribution in [2.75, 3.05) is 14.2 Å². The standard InChI is InChI=1S/C12H17NO3/c1-9(14)12(15)13(2)8-10-6-4-5-7-11(10)16-3/h4-7,9,14H,8H2,1-3H3. The number of nitrogens with zero attached hydrogens (tertiary/aromatic N) is 1. The van der Waals surface area contributed by atoms with Gasteiger partial charge in [-0.3, -0.25) is 4.79 Å². The number of hydrogen-bond donors (Lipinski definition) is 1. The normalized spacial score (nSPS) is 12.0. The van der Waals surface area contributed by atoms with Crippen molar-refractivity contribution in [1.29, 1.82) is 0 Å². The molecule has 1 rings (SSSR count). The molecule has 0 spiro atoms. The lowest BCUT2D eigenvalue weighted by Gasteiger charge is -2.20. The van der Waals surface area contributed by atoms with Crippen LogP contribution in [-0.2, 0) is 11.3 Å². The summed E-state index contributed by atoms with van der Waals surface area (Å²) in [5, 5.41) is 9.17. The summed E-state index contributed by atoms with van der Waals surface area (Å²) in [6, 6.07) is 7.50. The first-order valence-electron chi connectivity index (χ1n) is 5.11. The van der Waals surface area contributed by atoms with Crippen molar-refractivity contribution in [3.63, 3.8) is 0 Å². The molecule has 0 aliphatic rings. The van der Waals surface area contributed by atoms with Gasteiger partial charge in [-0.05, 0) is 13.0 Å². The molecule has 0 radical (unpaired) electrons. The summed E-state index contributed by atoms with van der Waals surface area (Å²) in [5.41, 5.74) is 0.918. The first-order chi connectivity index (χ1) is 7.56. The monoisotopic (exact) mass is 223 g/mol. The lowest BCUT2D eigenvalue weighted by molar-refractivity contribution is -0.138. The Morgan fingerprint density at radius 1 is 1.50 bits per heavy atom. The number of rotatable bonds is 4. The number of methoxy groups -OCH3 is 1. The number of aliphatic hydroxyl groups excluding tert-OH is 1. The maximum absolute atomic E-state index is 11.5. The summed E-state index contributed by atoms with van der Waals surface area (Å²) < 4.78 is 5.19. The van der Waals surface area contributed by atoms with Crippen molar-refractivity contribution >= 4 is 5.91 Å². The van der Waals surface area contributed by atoms with Crippen LogP contribution in [0.25, 0.3) is 0 Å². The van der Waals surface area contributed by atoms with E-state index in [1.165, 1.54) is 11.8 Å². The second-order valence-corrected chi connectivity index (χ2v) is 3.68. The van der Waals surface area contributed by atoms with Gasteiger partial charge in [0.05, 0.1) is 7.11 Å². The van der Waals surface area contributed by atoms with E-state index in [4.69, 9.17) is 4.74 Å². The van der Waals surface area contributed by atoms with Crippen molar-refractivity contribution in [3.8, 4) is 5.75 Å². The molecule has 1 aromatic rings. The molecular formula is C12H17NO3. The minimum Gasteiger partial charge on any atom is -0.496 e. The van der Waals surface area contributed by atoms with Gasteiger partial charge in [0.1, 0.15) is 11.9 Å². The zero-order valence-electron chi connectivity index (χ0n) is 9.80. The van der Waals surface area contributed by atoms with Gasteiger partial charge in [-0.2, -0.15) is 0 Å². The lowest BCUT2D eigenvalue weighted by atomic mass is 10.2. The number of ether oxygens (including phenoxy) is 1. The molecule has 1 N–H and O–H groups in total. The van der Waals surface area contributed by atoms with Crippen LogP contribution in [0, 0.1) is 0 Å². The minimum atomic E-state index is -0.972. The molecule has 1 aromatic carbocycles. The van der Waals surface area contributed by atoms with E-state index in [9.17, 15) is 9.90 Å². The van der Waals surface area contributed by atoms with E-state index in [2.05, 4.69) is 0 Å². The summed E-state index contributed by atoms with van der Waals surface area (Å²) in [7, 11) is 3.25. The van der Waals surface area contributed by atoms with Crippen molar-refractivity contribution < 1.29 is 14.6 Å². The van der Waals surface area contributed by atoms with E-state index in [1.807, 2.05) is 24.3 Å². The van der Waals surface area contributed by atoms with Crippen LogP contribution in [0.4, 0.5) is 0 Å². The third-order valence-electron chi connectivity index (χ3n) is 2.33. The fraction of sp³-hybridized carbons (Fsp3) is 0.417. The van der Waals surface area contributed by atoms with Gasteiger partial charge in [0.25, 0.3) is 5.91 Å². The Morgan fingerprint density at radius 2 is 2.12 bits per heavy atom. The molecule has 0 fully saturated rings. The third-order valence-corrected chi connectivity index (χ3v) is 2.33. The van der Waals surface area contributed by atoms with Crippen LogP contribution in [0.3, 0.4) is 0 Å². The molecule has 1 atom stereocenters. The zero-order chi connectivity index (χ0) is 12.1. The molecule has 0 heterocycles. The van der Waals surface area contributed by atoms with Crippen molar-refractivity contribution in [3.05, 3.63) is 29.8 Å². The van der Waals surface area contributed by atoms with Gasteiger partial charge in [-0.25, -0.2) is 0 Å². The minimum absolute atomic E-state index is 0.300. The number of amides is 1. The highest BCUT2D eigenvalue weighted by Crippen LogP contribution is 2.18. The Labute approximate surface area is 95.5 Å². The van der Waals surface area contributed by atoms with Crippen molar-refractivity contribution in [2.24, 2.45) is 0 Å².